The monoisotopic (exact) mass is 375 g/mol. The fraction of sp³-hybridized carbons (Fsp3) is 0.684. The Morgan fingerprint density at radius 2 is 2.00 bits per heavy atom. The normalized spacial score (nSPS) is 13.3. The summed E-state index contributed by atoms with van der Waals surface area (Å²) >= 11 is 0. The van der Waals surface area contributed by atoms with Crippen LogP contribution in [0.25, 0.3) is 0 Å². The van der Waals surface area contributed by atoms with Crippen LogP contribution in [0.2, 0.25) is 0 Å². The highest BCUT2D eigenvalue weighted by atomic mass is 16.5. The molecule has 150 valence electrons. The van der Waals surface area contributed by atoms with Crippen molar-refractivity contribution in [2.75, 3.05) is 13.1 Å². The summed E-state index contributed by atoms with van der Waals surface area (Å²) in [6, 6.07) is 0.236. The Bertz CT molecular complexity index is 760. The van der Waals surface area contributed by atoms with E-state index >= 15 is 0 Å². The number of guanidine groups is 1. The van der Waals surface area contributed by atoms with Gasteiger partial charge in [0.2, 0.25) is 5.89 Å². The second kappa shape index (κ2) is 9.53. The molecule has 0 fully saturated rings. The zero-order valence-electron chi connectivity index (χ0n) is 17.6. The Labute approximate surface area is 161 Å². The fourth-order valence-electron chi connectivity index (χ4n) is 2.89. The lowest BCUT2D eigenvalue weighted by Gasteiger charge is -2.18. The fourth-order valence-corrected chi connectivity index (χ4v) is 2.89. The third kappa shape index (κ3) is 5.80. The van der Waals surface area contributed by atoms with Crippen LogP contribution in [0.15, 0.2) is 9.52 Å². The Balaban J connectivity index is 1.93. The lowest BCUT2D eigenvalue weighted by Crippen LogP contribution is -2.43. The summed E-state index contributed by atoms with van der Waals surface area (Å²) in [7, 11) is 1.98. The summed E-state index contributed by atoms with van der Waals surface area (Å²) in [5, 5.41) is 15.3. The summed E-state index contributed by atoms with van der Waals surface area (Å²) in [6.45, 7) is 13.9. The van der Waals surface area contributed by atoms with E-state index in [1.807, 2.05) is 25.6 Å². The van der Waals surface area contributed by atoms with Gasteiger partial charge in [-0.25, -0.2) is 0 Å². The molecule has 0 spiro atoms. The number of hydrogen-bond acceptors (Lipinski definition) is 5. The van der Waals surface area contributed by atoms with Gasteiger partial charge in [-0.2, -0.15) is 10.1 Å². The summed E-state index contributed by atoms with van der Waals surface area (Å²) in [6.07, 6.45) is 1.53. The average molecular weight is 376 g/mol. The Morgan fingerprint density at radius 3 is 2.56 bits per heavy atom. The second-order valence-electron chi connectivity index (χ2n) is 7.23. The van der Waals surface area contributed by atoms with Crippen molar-refractivity contribution >= 4 is 5.96 Å². The third-order valence-corrected chi connectivity index (χ3v) is 4.49. The van der Waals surface area contributed by atoms with Gasteiger partial charge >= 0.3 is 0 Å². The molecule has 8 heteroatoms. The molecule has 2 N–H and O–H groups in total. The molecule has 0 radical (unpaired) electrons. The lowest BCUT2D eigenvalue weighted by atomic mass is 10.1. The minimum absolute atomic E-state index is 0.236. The van der Waals surface area contributed by atoms with Gasteiger partial charge in [0.15, 0.2) is 11.8 Å². The van der Waals surface area contributed by atoms with E-state index in [9.17, 15) is 0 Å². The number of aryl methyl sites for hydroxylation is 2. The van der Waals surface area contributed by atoms with Crippen molar-refractivity contribution in [2.24, 2.45) is 12.0 Å². The first-order valence-corrected chi connectivity index (χ1v) is 9.68. The molecular formula is C19H33N7O. The molecule has 0 aliphatic rings. The largest absolute Gasteiger partial charge is 0.357 e. The topological polar surface area (TPSA) is 93.2 Å². The maximum atomic E-state index is 5.28. The molecule has 0 aromatic carbocycles. The summed E-state index contributed by atoms with van der Waals surface area (Å²) in [5.74, 6) is 2.45. The van der Waals surface area contributed by atoms with Crippen LogP contribution in [-0.4, -0.2) is 45.0 Å². The van der Waals surface area contributed by atoms with Crippen LogP contribution in [0.1, 0.15) is 62.3 Å². The first-order chi connectivity index (χ1) is 12.8. The summed E-state index contributed by atoms with van der Waals surface area (Å²) < 4.78 is 7.21. The first kappa shape index (κ1) is 20.9. The van der Waals surface area contributed by atoms with Crippen LogP contribution in [0.4, 0.5) is 0 Å². The molecule has 2 heterocycles. The highest BCUT2D eigenvalue weighted by Crippen LogP contribution is 2.14. The molecule has 0 bridgehead atoms. The van der Waals surface area contributed by atoms with Gasteiger partial charge in [0.1, 0.15) is 0 Å². The van der Waals surface area contributed by atoms with Gasteiger partial charge in [0.25, 0.3) is 0 Å². The van der Waals surface area contributed by atoms with Crippen molar-refractivity contribution in [3.8, 4) is 0 Å². The lowest BCUT2D eigenvalue weighted by molar-refractivity contribution is 0.372. The number of aromatic nitrogens is 4. The van der Waals surface area contributed by atoms with Gasteiger partial charge in [-0.15, -0.1) is 0 Å². The van der Waals surface area contributed by atoms with Crippen molar-refractivity contribution in [2.45, 2.75) is 66.3 Å². The van der Waals surface area contributed by atoms with Gasteiger partial charge in [-0.3, -0.25) is 9.67 Å². The minimum Gasteiger partial charge on any atom is -0.357 e. The van der Waals surface area contributed by atoms with E-state index in [0.717, 1.165) is 30.4 Å². The predicted molar refractivity (Wildman–Crippen MR) is 107 cm³/mol. The molecule has 0 aliphatic heterocycles. The summed E-state index contributed by atoms with van der Waals surface area (Å²) in [4.78, 5) is 9.03. The quantitative estimate of drug-likeness (QED) is 0.543. The van der Waals surface area contributed by atoms with Gasteiger partial charge in [0, 0.05) is 37.7 Å². The second-order valence-corrected chi connectivity index (χ2v) is 7.23. The number of nitrogens with one attached hydrogen (secondary N) is 2. The van der Waals surface area contributed by atoms with Gasteiger partial charge in [0.05, 0.1) is 12.2 Å². The third-order valence-electron chi connectivity index (χ3n) is 4.49. The van der Waals surface area contributed by atoms with Crippen LogP contribution in [0.5, 0.6) is 0 Å². The molecule has 1 atom stereocenters. The van der Waals surface area contributed by atoms with E-state index in [0.29, 0.717) is 18.9 Å². The number of rotatable bonds is 8. The Morgan fingerprint density at radius 1 is 1.26 bits per heavy atom. The van der Waals surface area contributed by atoms with E-state index in [4.69, 9.17) is 4.52 Å². The Kier molecular flexibility index (Phi) is 7.38. The van der Waals surface area contributed by atoms with Crippen molar-refractivity contribution in [3.05, 3.63) is 28.7 Å². The molecule has 1 unspecified atom stereocenters. The molecule has 8 nitrogen and oxygen atoms in total. The SMILES string of the molecule is CCNC(=NCCc1nc(C(C)C)no1)NC(C)Cc1c(C)nn(C)c1C. The van der Waals surface area contributed by atoms with Crippen molar-refractivity contribution in [3.63, 3.8) is 0 Å². The first-order valence-electron chi connectivity index (χ1n) is 9.68. The smallest absolute Gasteiger partial charge is 0.228 e. The molecule has 2 aromatic heterocycles. The molecule has 0 aliphatic carbocycles. The number of aliphatic imine (C=N–C) groups is 1. The molecule has 27 heavy (non-hydrogen) atoms. The van der Waals surface area contributed by atoms with Crippen LogP contribution in [0, 0.1) is 13.8 Å². The van der Waals surface area contributed by atoms with Crippen molar-refractivity contribution in [1.82, 2.24) is 30.6 Å². The van der Waals surface area contributed by atoms with Crippen molar-refractivity contribution in [1.29, 1.82) is 0 Å². The van der Waals surface area contributed by atoms with Gasteiger partial charge in [-0.05, 0) is 39.7 Å². The van der Waals surface area contributed by atoms with Gasteiger partial charge < -0.3 is 15.2 Å². The number of nitrogens with zero attached hydrogens (tertiary/aromatic N) is 5. The highest BCUT2D eigenvalue weighted by Gasteiger charge is 2.14. The zero-order chi connectivity index (χ0) is 20.0. The standard InChI is InChI=1S/C19H33N7O/c1-8-20-19(21-10-9-17-23-18(12(2)3)25-27-17)22-13(4)11-16-14(5)24-26(7)15(16)6/h12-13H,8-11H2,1-7H3,(H2,20,21,22). The molecule has 0 saturated heterocycles. The van der Waals surface area contributed by atoms with E-state index < -0.39 is 0 Å². The molecule has 0 saturated carbocycles. The zero-order valence-corrected chi connectivity index (χ0v) is 17.6. The van der Waals surface area contributed by atoms with Gasteiger partial charge in [-0.1, -0.05) is 19.0 Å². The van der Waals surface area contributed by atoms with E-state index in [1.54, 1.807) is 0 Å². The Hall–Kier alpha value is -2.38. The predicted octanol–water partition coefficient (Wildman–Crippen LogP) is 2.27. The molecular weight excluding hydrogens is 342 g/mol. The minimum atomic E-state index is 0.236. The average Bonchev–Trinajstić information content (AvgIpc) is 3.16. The van der Waals surface area contributed by atoms with Crippen LogP contribution < -0.4 is 10.6 Å². The van der Waals surface area contributed by atoms with E-state index in [1.165, 1.54) is 11.3 Å². The molecule has 2 aromatic rings. The van der Waals surface area contributed by atoms with E-state index in [2.05, 4.69) is 58.6 Å². The highest BCUT2D eigenvalue weighted by molar-refractivity contribution is 5.80. The molecule has 0 amide bonds. The summed E-state index contributed by atoms with van der Waals surface area (Å²) in [5.41, 5.74) is 3.59. The number of hydrogen-bond donors (Lipinski definition) is 2. The van der Waals surface area contributed by atoms with E-state index in [-0.39, 0.29) is 12.0 Å². The maximum absolute atomic E-state index is 5.28. The molecule has 2 rings (SSSR count). The van der Waals surface area contributed by atoms with Crippen LogP contribution in [-0.2, 0) is 19.9 Å². The maximum Gasteiger partial charge on any atom is 0.228 e. The van der Waals surface area contributed by atoms with Crippen LogP contribution >= 0.6 is 0 Å². The van der Waals surface area contributed by atoms with Crippen molar-refractivity contribution < 1.29 is 4.52 Å². The van der Waals surface area contributed by atoms with Crippen LogP contribution in [0.3, 0.4) is 0 Å².